The maximum atomic E-state index is 12.4. The number of hydrogen-bond acceptors (Lipinski definition) is 5. The zero-order valence-electron chi connectivity index (χ0n) is 15.3. The predicted octanol–water partition coefficient (Wildman–Crippen LogP) is 2.28. The number of rotatable bonds is 6. The molecule has 2 heterocycles. The van der Waals surface area contributed by atoms with Crippen molar-refractivity contribution in [2.24, 2.45) is 0 Å². The molecule has 1 aliphatic heterocycles. The van der Waals surface area contributed by atoms with E-state index in [9.17, 15) is 9.59 Å². The molecule has 0 atom stereocenters. The highest BCUT2D eigenvalue weighted by Crippen LogP contribution is 2.36. The van der Waals surface area contributed by atoms with Crippen molar-refractivity contribution < 1.29 is 9.59 Å². The molecule has 27 heavy (non-hydrogen) atoms. The molecule has 1 aromatic carbocycles. The van der Waals surface area contributed by atoms with Gasteiger partial charge in [0.1, 0.15) is 5.82 Å². The van der Waals surface area contributed by atoms with Crippen molar-refractivity contribution in [1.29, 1.82) is 0 Å². The number of benzene rings is 1. The molecule has 144 valence electrons. The molecule has 7 nitrogen and oxygen atoms in total. The lowest BCUT2D eigenvalue weighted by Crippen LogP contribution is -2.37. The van der Waals surface area contributed by atoms with Crippen LogP contribution in [0.15, 0.2) is 24.3 Å². The molecule has 0 bridgehead atoms. The zero-order valence-corrected chi connectivity index (χ0v) is 16.9. The number of halogens is 1. The molecule has 9 heteroatoms. The molecule has 1 aromatic heterocycles. The number of nitrogens with one attached hydrogen (secondary N) is 2. The van der Waals surface area contributed by atoms with Crippen molar-refractivity contribution in [2.45, 2.75) is 17.9 Å². The summed E-state index contributed by atoms with van der Waals surface area (Å²) in [5, 5.41) is 10.6. The molecule has 2 amide bonds. The Kier molecular flexibility index (Phi) is 6.41. The molecule has 2 N–H and O–H groups in total. The van der Waals surface area contributed by atoms with Gasteiger partial charge in [-0.1, -0.05) is 11.6 Å². The van der Waals surface area contributed by atoms with Gasteiger partial charge >= 0.3 is 11.8 Å². The molecule has 0 aliphatic carbocycles. The van der Waals surface area contributed by atoms with Crippen LogP contribution in [0.2, 0.25) is 5.02 Å². The largest absolute Gasteiger partial charge is 0.348 e. The SMILES string of the molecule is CN(C)CCCNC(=O)C(=O)Nc1c2c(nn1-c1ccc(Cl)cc1)CSC2. The van der Waals surface area contributed by atoms with E-state index in [1.165, 1.54) is 0 Å². The van der Waals surface area contributed by atoms with Crippen molar-refractivity contribution in [3.63, 3.8) is 0 Å². The fraction of sp³-hybridized carbons (Fsp3) is 0.389. The number of anilines is 1. The quantitative estimate of drug-likeness (QED) is 0.567. The Bertz CT molecular complexity index is 835. The molecular weight excluding hydrogens is 386 g/mol. The van der Waals surface area contributed by atoms with Gasteiger partial charge in [-0.3, -0.25) is 9.59 Å². The van der Waals surface area contributed by atoms with Gasteiger partial charge in [0, 0.05) is 28.6 Å². The van der Waals surface area contributed by atoms with E-state index >= 15 is 0 Å². The second kappa shape index (κ2) is 8.77. The van der Waals surface area contributed by atoms with Gasteiger partial charge in [0.15, 0.2) is 0 Å². The van der Waals surface area contributed by atoms with E-state index in [2.05, 4.69) is 15.7 Å². The summed E-state index contributed by atoms with van der Waals surface area (Å²) in [7, 11) is 3.93. The summed E-state index contributed by atoms with van der Waals surface area (Å²) in [4.78, 5) is 26.5. The zero-order chi connectivity index (χ0) is 19.4. The Balaban J connectivity index is 1.73. The Morgan fingerprint density at radius 2 is 1.96 bits per heavy atom. The first-order valence-corrected chi connectivity index (χ1v) is 10.2. The third kappa shape index (κ3) is 4.82. The molecule has 0 saturated heterocycles. The molecule has 0 fully saturated rings. The van der Waals surface area contributed by atoms with Gasteiger partial charge in [0.05, 0.1) is 11.4 Å². The molecule has 0 radical (unpaired) electrons. The maximum Gasteiger partial charge on any atom is 0.314 e. The number of amides is 2. The van der Waals surface area contributed by atoms with Crippen LogP contribution in [0.4, 0.5) is 5.82 Å². The Hall–Kier alpha value is -2.03. The average molecular weight is 408 g/mol. The van der Waals surface area contributed by atoms with Crippen LogP contribution in [0.1, 0.15) is 17.7 Å². The number of hydrogen-bond donors (Lipinski definition) is 2. The number of nitrogens with zero attached hydrogens (tertiary/aromatic N) is 3. The highest BCUT2D eigenvalue weighted by atomic mass is 35.5. The van der Waals surface area contributed by atoms with Gasteiger partial charge in [-0.25, -0.2) is 4.68 Å². The molecule has 3 rings (SSSR count). The van der Waals surface area contributed by atoms with Crippen molar-refractivity contribution in [3.05, 3.63) is 40.5 Å². The molecule has 0 unspecified atom stereocenters. The topological polar surface area (TPSA) is 79.3 Å². The van der Waals surface area contributed by atoms with E-state index < -0.39 is 11.8 Å². The molecule has 0 spiro atoms. The second-order valence-electron chi connectivity index (χ2n) is 6.52. The standard InChI is InChI=1S/C18H22ClN5O2S/c1-23(2)9-3-8-20-17(25)18(26)21-16-14-10-27-11-15(14)22-24(16)13-6-4-12(19)5-7-13/h4-7H,3,8-11H2,1-2H3,(H,20,25)(H,21,26). The van der Waals surface area contributed by atoms with Crippen molar-refractivity contribution in [2.75, 3.05) is 32.5 Å². The van der Waals surface area contributed by atoms with E-state index in [0.29, 0.717) is 17.4 Å². The van der Waals surface area contributed by atoms with Gasteiger partial charge in [-0.2, -0.15) is 16.9 Å². The minimum atomic E-state index is -0.685. The van der Waals surface area contributed by atoms with E-state index in [-0.39, 0.29) is 0 Å². The van der Waals surface area contributed by atoms with Crippen molar-refractivity contribution in [3.8, 4) is 5.69 Å². The lowest BCUT2D eigenvalue weighted by atomic mass is 10.2. The van der Waals surface area contributed by atoms with Crippen LogP contribution in [0, 0.1) is 0 Å². The predicted molar refractivity (Wildman–Crippen MR) is 108 cm³/mol. The number of aromatic nitrogens is 2. The summed E-state index contributed by atoms with van der Waals surface area (Å²) in [6.45, 7) is 1.30. The van der Waals surface area contributed by atoms with Gasteiger partial charge in [-0.05, 0) is 51.3 Å². The summed E-state index contributed by atoms with van der Waals surface area (Å²) >= 11 is 7.69. The first-order chi connectivity index (χ1) is 13.0. The number of carbonyl (C=O) groups excluding carboxylic acids is 2. The summed E-state index contributed by atoms with van der Waals surface area (Å²) < 4.78 is 1.66. The fourth-order valence-corrected chi connectivity index (χ4v) is 3.91. The minimum absolute atomic E-state index is 0.453. The van der Waals surface area contributed by atoms with Crippen LogP contribution in [-0.4, -0.2) is 53.7 Å². The van der Waals surface area contributed by atoms with E-state index in [4.69, 9.17) is 11.6 Å². The molecule has 1 aliphatic rings. The Morgan fingerprint density at radius 3 is 2.67 bits per heavy atom. The van der Waals surface area contributed by atoms with Crippen LogP contribution in [0.25, 0.3) is 5.69 Å². The molecular formula is C18H22ClN5O2S. The average Bonchev–Trinajstić information content (AvgIpc) is 3.21. The smallest absolute Gasteiger partial charge is 0.314 e. The van der Waals surface area contributed by atoms with Crippen molar-refractivity contribution >= 4 is 41.0 Å². The maximum absolute atomic E-state index is 12.4. The van der Waals surface area contributed by atoms with Crippen LogP contribution in [-0.2, 0) is 21.1 Å². The van der Waals surface area contributed by atoms with Crippen LogP contribution in [0.5, 0.6) is 0 Å². The van der Waals surface area contributed by atoms with Gasteiger partial charge < -0.3 is 15.5 Å². The minimum Gasteiger partial charge on any atom is -0.348 e. The third-order valence-electron chi connectivity index (χ3n) is 4.13. The van der Waals surface area contributed by atoms with Gasteiger partial charge in [0.2, 0.25) is 0 Å². The molecule has 0 saturated carbocycles. The lowest BCUT2D eigenvalue weighted by molar-refractivity contribution is -0.136. The van der Waals surface area contributed by atoms with Gasteiger partial charge in [-0.15, -0.1) is 0 Å². The second-order valence-corrected chi connectivity index (χ2v) is 7.94. The lowest BCUT2D eigenvalue weighted by Gasteiger charge is -2.12. The fourth-order valence-electron chi connectivity index (χ4n) is 2.75. The number of carbonyl (C=O) groups is 2. The molecule has 2 aromatic rings. The van der Waals surface area contributed by atoms with E-state index in [1.54, 1.807) is 28.6 Å². The van der Waals surface area contributed by atoms with E-state index in [1.807, 2.05) is 31.1 Å². The number of fused-ring (bicyclic) bond motifs is 1. The Labute approximate surface area is 167 Å². The Morgan fingerprint density at radius 1 is 1.22 bits per heavy atom. The first-order valence-electron chi connectivity index (χ1n) is 8.64. The van der Waals surface area contributed by atoms with Crippen LogP contribution < -0.4 is 10.6 Å². The van der Waals surface area contributed by atoms with Crippen molar-refractivity contribution in [1.82, 2.24) is 20.0 Å². The first kappa shape index (κ1) is 19.7. The summed E-state index contributed by atoms with van der Waals surface area (Å²) in [6, 6.07) is 7.19. The monoisotopic (exact) mass is 407 g/mol. The van der Waals surface area contributed by atoms with E-state index in [0.717, 1.165) is 41.4 Å². The summed E-state index contributed by atoms with van der Waals surface area (Å²) in [6.07, 6.45) is 0.779. The van der Waals surface area contributed by atoms with Gasteiger partial charge in [0.25, 0.3) is 0 Å². The normalized spacial score (nSPS) is 12.9. The third-order valence-corrected chi connectivity index (χ3v) is 5.35. The van der Waals surface area contributed by atoms with Crippen LogP contribution >= 0.6 is 23.4 Å². The summed E-state index contributed by atoms with van der Waals surface area (Å²) in [5.41, 5.74) is 2.67. The summed E-state index contributed by atoms with van der Waals surface area (Å²) in [5.74, 6) is 0.760. The number of thioether (sulfide) groups is 1. The highest BCUT2D eigenvalue weighted by Gasteiger charge is 2.26. The highest BCUT2D eigenvalue weighted by molar-refractivity contribution is 7.98. The van der Waals surface area contributed by atoms with Crippen LogP contribution in [0.3, 0.4) is 0 Å².